The van der Waals surface area contributed by atoms with Gasteiger partial charge in [-0.25, -0.2) is 6.57 Å². The van der Waals surface area contributed by atoms with Gasteiger partial charge in [0.15, 0.2) is 0 Å². The molecule has 112 valence electrons. The Balaban J connectivity index is 1.82. The van der Waals surface area contributed by atoms with Gasteiger partial charge in [0.05, 0.1) is 0 Å². The number of nitrogens with zero attached hydrogens (tertiary/aromatic N) is 1. The summed E-state index contributed by atoms with van der Waals surface area (Å²) in [6.07, 6.45) is 1.07. The maximum Gasteiger partial charge on any atom is 0.239 e. The summed E-state index contributed by atoms with van der Waals surface area (Å²) in [6, 6.07) is 25.7. The van der Waals surface area contributed by atoms with Crippen molar-refractivity contribution in [1.29, 1.82) is 0 Å². The fourth-order valence-corrected chi connectivity index (χ4v) is 2.68. The molecule has 3 rings (SSSR count). The average molecular weight is 297 g/mol. The van der Waals surface area contributed by atoms with Crippen LogP contribution in [0.25, 0.3) is 27.1 Å². The second-order valence-corrected chi connectivity index (χ2v) is 5.64. The Labute approximate surface area is 138 Å². The van der Waals surface area contributed by atoms with Crippen molar-refractivity contribution in [3.05, 3.63) is 95.3 Å². The van der Waals surface area contributed by atoms with Crippen LogP contribution >= 0.6 is 0 Å². The Morgan fingerprint density at radius 3 is 1.30 bits per heavy atom. The summed E-state index contributed by atoms with van der Waals surface area (Å²) in [7, 11) is 0. The van der Waals surface area contributed by atoms with E-state index in [0.717, 1.165) is 12.0 Å². The van der Waals surface area contributed by atoms with Crippen LogP contribution in [0.3, 0.4) is 0 Å². The lowest BCUT2D eigenvalue weighted by molar-refractivity contribution is 1.14. The highest BCUT2D eigenvalue weighted by Gasteiger charge is 2.02. The van der Waals surface area contributed by atoms with Gasteiger partial charge in [-0.15, -0.1) is 0 Å². The first-order valence-corrected chi connectivity index (χ1v) is 7.92. The largest absolute Gasteiger partial charge is 0.312 e. The van der Waals surface area contributed by atoms with E-state index in [1.54, 1.807) is 0 Å². The second-order valence-electron chi connectivity index (χ2n) is 5.64. The van der Waals surface area contributed by atoms with Crippen molar-refractivity contribution in [3.63, 3.8) is 0 Å². The Bertz CT molecular complexity index is 804. The fraction of sp³-hybridized carbons (Fsp3) is 0.136. The molecule has 0 spiro atoms. The first-order chi connectivity index (χ1) is 11.3. The van der Waals surface area contributed by atoms with Gasteiger partial charge in [-0.3, -0.25) is 0 Å². The number of hydrogen-bond donors (Lipinski definition) is 0. The first kappa shape index (κ1) is 15.1. The molecule has 0 atom stereocenters. The van der Waals surface area contributed by atoms with Crippen LogP contribution in [0.4, 0.5) is 0 Å². The fourth-order valence-electron chi connectivity index (χ4n) is 2.68. The van der Waals surface area contributed by atoms with Gasteiger partial charge in [0.2, 0.25) is 6.54 Å². The highest BCUT2D eigenvalue weighted by molar-refractivity contribution is 5.70. The van der Waals surface area contributed by atoms with E-state index in [9.17, 15) is 0 Å². The van der Waals surface area contributed by atoms with Crippen LogP contribution in [-0.4, -0.2) is 0 Å². The van der Waals surface area contributed by atoms with E-state index in [-0.39, 0.29) is 0 Å². The summed E-state index contributed by atoms with van der Waals surface area (Å²) in [5.41, 5.74) is 7.31. The molecule has 0 aromatic heterocycles. The van der Waals surface area contributed by atoms with Crippen LogP contribution in [0.1, 0.15) is 18.1 Å². The molecule has 23 heavy (non-hydrogen) atoms. The molecule has 0 unspecified atom stereocenters. The molecule has 0 radical (unpaired) electrons. The summed E-state index contributed by atoms with van der Waals surface area (Å²) in [5.74, 6) is 0. The molecule has 1 nitrogen and oxygen atoms in total. The Hall–Kier alpha value is -2.85. The zero-order chi connectivity index (χ0) is 16.1. The van der Waals surface area contributed by atoms with E-state index in [1.165, 1.54) is 27.8 Å². The maximum atomic E-state index is 6.91. The second kappa shape index (κ2) is 6.94. The van der Waals surface area contributed by atoms with Crippen molar-refractivity contribution in [3.8, 4) is 22.3 Å². The molecule has 0 aliphatic carbocycles. The highest BCUT2D eigenvalue weighted by Crippen LogP contribution is 2.25. The van der Waals surface area contributed by atoms with Crippen LogP contribution in [0.2, 0.25) is 0 Å². The lowest BCUT2D eigenvalue weighted by Crippen LogP contribution is -1.84. The molecule has 0 aliphatic heterocycles. The molecule has 0 fully saturated rings. The molecule has 0 N–H and O–H groups in total. The minimum Gasteiger partial charge on any atom is -0.312 e. The number of benzene rings is 3. The van der Waals surface area contributed by atoms with Crippen molar-refractivity contribution in [2.45, 2.75) is 19.9 Å². The third kappa shape index (κ3) is 3.49. The molecule has 0 amide bonds. The number of aryl methyl sites for hydroxylation is 1. The maximum absolute atomic E-state index is 6.91. The van der Waals surface area contributed by atoms with Gasteiger partial charge >= 0.3 is 0 Å². The van der Waals surface area contributed by atoms with Crippen molar-refractivity contribution in [2.24, 2.45) is 0 Å². The van der Waals surface area contributed by atoms with Crippen molar-refractivity contribution in [1.82, 2.24) is 0 Å². The molecule has 0 saturated heterocycles. The standard InChI is InChI=1S/C22H19N/c1-3-17-4-8-19(9-5-17)21-12-14-22(15-13-21)20-10-6-18(7-11-20)16-23-2/h4-15H,3,16H2,1H3. The van der Waals surface area contributed by atoms with Crippen molar-refractivity contribution >= 4 is 0 Å². The summed E-state index contributed by atoms with van der Waals surface area (Å²) < 4.78 is 0. The molecule has 0 aliphatic rings. The summed E-state index contributed by atoms with van der Waals surface area (Å²) in [6.45, 7) is 9.54. The molecular weight excluding hydrogens is 278 g/mol. The SMILES string of the molecule is [C-]#[N+]Cc1ccc(-c2ccc(-c3ccc(CC)cc3)cc2)cc1. The molecule has 0 bridgehead atoms. The number of hydrogen-bond acceptors (Lipinski definition) is 0. The quantitative estimate of drug-likeness (QED) is 0.520. The highest BCUT2D eigenvalue weighted by atomic mass is 14.6. The average Bonchev–Trinajstić information content (AvgIpc) is 2.63. The van der Waals surface area contributed by atoms with E-state index in [2.05, 4.69) is 72.4 Å². The monoisotopic (exact) mass is 297 g/mol. The van der Waals surface area contributed by atoms with Crippen molar-refractivity contribution in [2.75, 3.05) is 0 Å². The van der Waals surface area contributed by atoms with Gasteiger partial charge in [0, 0.05) is 5.56 Å². The molecule has 3 aromatic rings. The molecule has 0 saturated carbocycles. The predicted molar refractivity (Wildman–Crippen MR) is 97.0 cm³/mol. The predicted octanol–water partition coefficient (Wildman–Crippen LogP) is 6.00. The van der Waals surface area contributed by atoms with Gasteiger partial charge in [0.1, 0.15) is 0 Å². The van der Waals surface area contributed by atoms with E-state index in [0.29, 0.717) is 6.54 Å². The van der Waals surface area contributed by atoms with Gasteiger partial charge in [0.25, 0.3) is 0 Å². The third-order valence-corrected chi connectivity index (χ3v) is 4.13. The Morgan fingerprint density at radius 2 is 0.957 bits per heavy atom. The van der Waals surface area contributed by atoms with Crippen LogP contribution < -0.4 is 0 Å². The van der Waals surface area contributed by atoms with Crippen LogP contribution in [-0.2, 0) is 13.0 Å². The van der Waals surface area contributed by atoms with E-state index < -0.39 is 0 Å². The zero-order valence-electron chi connectivity index (χ0n) is 13.3. The summed E-state index contributed by atoms with van der Waals surface area (Å²) in [5, 5.41) is 0. The third-order valence-electron chi connectivity index (χ3n) is 4.13. The van der Waals surface area contributed by atoms with E-state index in [1.807, 2.05) is 12.1 Å². The topological polar surface area (TPSA) is 4.36 Å². The van der Waals surface area contributed by atoms with E-state index in [4.69, 9.17) is 6.57 Å². The normalized spacial score (nSPS) is 10.3. The van der Waals surface area contributed by atoms with Gasteiger partial charge in [-0.05, 0) is 34.2 Å². The van der Waals surface area contributed by atoms with Gasteiger partial charge in [-0.1, -0.05) is 79.7 Å². The zero-order valence-corrected chi connectivity index (χ0v) is 13.3. The number of rotatable bonds is 4. The lowest BCUT2D eigenvalue weighted by atomic mass is 9.99. The molecule has 3 aromatic carbocycles. The Kier molecular flexibility index (Phi) is 4.54. The van der Waals surface area contributed by atoms with Crippen LogP contribution in [0, 0.1) is 6.57 Å². The van der Waals surface area contributed by atoms with Gasteiger partial charge < -0.3 is 4.85 Å². The minimum absolute atomic E-state index is 0.451. The van der Waals surface area contributed by atoms with Gasteiger partial charge in [-0.2, -0.15) is 0 Å². The summed E-state index contributed by atoms with van der Waals surface area (Å²) in [4.78, 5) is 3.42. The lowest BCUT2D eigenvalue weighted by Gasteiger charge is -2.06. The first-order valence-electron chi connectivity index (χ1n) is 7.92. The molecular formula is C22H19N. The molecule has 1 heteroatoms. The minimum atomic E-state index is 0.451. The van der Waals surface area contributed by atoms with Crippen LogP contribution in [0.5, 0.6) is 0 Å². The van der Waals surface area contributed by atoms with E-state index >= 15 is 0 Å². The molecule has 0 heterocycles. The Morgan fingerprint density at radius 1 is 0.609 bits per heavy atom. The van der Waals surface area contributed by atoms with Crippen molar-refractivity contribution < 1.29 is 0 Å². The smallest absolute Gasteiger partial charge is 0.239 e. The summed E-state index contributed by atoms with van der Waals surface area (Å²) >= 11 is 0. The van der Waals surface area contributed by atoms with Crippen LogP contribution in [0.15, 0.2) is 72.8 Å².